The molecule has 73 heavy (non-hydrogen) atoms. The molecule has 388 valence electrons. The highest BCUT2D eigenvalue weighted by molar-refractivity contribution is 5.94. The largest absolute Gasteiger partial charge is 0.400 e. The first-order valence-corrected chi connectivity index (χ1v) is 18.7. The Hall–Kier alpha value is -7.20. The molecule has 0 heterocycles. The van der Waals surface area contributed by atoms with Crippen LogP contribution in [0.2, 0.25) is 0 Å². The fourth-order valence-corrected chi connectivity index (χ4v) is 8.01. The van der Waals surface area contributed by atoms with Gasteiger partial charge in [-0.1, -0.05) is 13.8 Å². The number of fused-ring (bicyclic) bond motifs is 4. The molecule has 8 rings (SSSR count). The van der Waals surface area contributed by atoms with Crippen LogP contribution in [0, 0.1) is 163 Å². The Kier molecular flexibility index (Phi) is 14.1. The highest BCUT2D eigenvalue weighted by atomic mass is 19.2. The first kappa shape index (κ1) is 55.1. The molecule has 0 aliphatic carbocycles. The second-order valence-corrected chi connectivity index (χ2v) is 14.0. The van der Waals surface area contributed by atoms with Crippen LogP contribution in [0.4, 0.5) is 123 Å². The summed E-state index contributed by atoms with van der Waals surface area (Å²) < 4.78 is 442. The van der Waals surface area contributed by atoms with Crippen molar-refractivity contribution in [2.45, 2.75) is 19.3 Å². The summed E-state index contributed by atoms with van der Waals surface area (Å²) >= 11 is 0. The molecule has 0 radical (unpaired) electrons. The molecule has 1 N–H and O–H groups in total. The Balaban J connectivity index is 0.00000212. The highest BCUT2D eigenvalue weighted by Crippen LogP contribution is 2.58. The lowest BCUT2D eigenvalue weighted by Gasteiger charge is -2.39. The Morgan fingerprint density at radius 2 is 0.260 bits per heavy atom. The van der Waals surface area contributed by atoms with Crippen LogP contribution >= 0.6 is 0 Å². The minimum atomic E-state index is -6.73. The number of hydrogen-bond donors (Lipinski definition) is 1. The summed E-state index contributed by atoms with van der Waals surface area (Å²) in [7, 11) is 1.00. The van der Waals surface area contributed by atoms with E-state index in [1.54, 1.807) is 0 Å². The normalized spacial score (nSPS) is 11.8. The van der Waals surface area contributed by atoms with Crippen LogP contribution in [0.25, 0.3) is 43.1 Å². The van der Waals surface area contributed by atoms with Gasteiger partial charge in [0.25, 0.3) is 0 Å². The monoisotopic (exact) mass is 1090 g/mol. The lowest BCUT2D eigenvalue weighted by molar-refractivity contribution is 0.382. The van der Waals surface area contributed by atoms with Crippen LogP contribution in [-0.2, 0) is 5.41 Å². The summed E-state index contributed by atoms with van der Waals surface area (Å²) in [6.45, 7) is 4.00. The van der Waals surface area contributed by atoms with Gasteiger partial charge in [0, 0.05) is 29.4 Å². The van der Waals surface area contributed by atoms with Crippen LogP contribution < -0.4 is 0 Å². The van der Waals surface area contributed by atoms with E-state index in [1.165, 1.54) is 0 Å². The molecule has 0 aromatic heterocycles. The van der Waals surface area contributed by atoms with Gasteiger partial charge in [-0.15, -0.1) is 0 Å². The zero-order valence-corrected chi connectivity index (χ0v) is 34.5. The molecular weight excluding hydrogens is 1080 g/mol. The van der Waals surface area contributed by atoms with E-state index in [0.717, 1.165) is 7.11 Å². The number of halogens is 28. The number of hydrogen-bond acceptors (Lipinski definition) is 1. The predicted octanol–water partition coefficient (Wildman–Crippen LogP) is 15.2. The van der Waals surface area contributed by atoms with Gasteiger partial charge in [-0.05, 0) is 0 Å². The van der Waals surface area contributed by atoms with Crippen molar-refractivity contribution >= 4 is 43.1 Å². The molecule has 0 atom stereocenters. The predicted molar refractivity (Wildman–Crippen MR) is 193 cm³/mol. The summed E-state index contributed by atoms with van der Waals surface area (Å²) in [6.07, 6.45) is 0. The second kappa shape index (κ2) is 18.7. The van der Waals surface area contributed by atoms with Crippen molar-refractivity contribution in [3.05, 3.63) is 185 Å². The van der Waals surface area contributed by atoms with Gasteiger partial charge in [-0.2, -0.15) is 0 Å². The fourth-order valence-electron chi connectivity index (χ4n) is 8.01. The van der Waals surface area contributed by atoms with E-state index < -0.39 is 234 Å². The zero-order chi connectivity index (χ0) is 55.6. The van der Waals surface area contributed by atoms with Gasteiger partial charge in [0.2, 0.25) is 0 Å². The third-order valence-corrected chi connectivity index (χ3v) is 10.9. The summed E-state index contributed by atoms with van der Waals surface area (Å²) in [5, 5.41) is -18.1. The van der Waals surface area contributed by atoms with Gasteiger partial charge in [0.1, 0.15) is 23.3 Å². The summed E-state index contributed by atoms with van der Waals surface area (Å²) in [6, 6.07) is 0. The van der Waals surface area contributed by atoms with Crippen LogP contribution in [0.3, 0.4) is 0 Å². The summed E-state index contributed by atoms with van der Waals surface area (Å²) in [5.41, 5.74) is -22.9. The highest BCUT2D eigenvalue weighted by Gasteiger charge is 2.58. The van der Waals surface area contributed by atoms with E-state index in [0.29, 0.717) is 0 Å². The number of benzene rings is 8. The fraction of sp³-hybridized carbons (Fsp3) is 0.0909. The van der Waals surface area contributed by atoms with Crippen molar-refractivity contribution in [2.24, 2.45) is 0 Å². The van der Waals surface area contributed by atoms with Crippen LogP contribution in [0.15, 0.2) is 0 Å². The van der Waals surface area contributed by atoms with E-state index in [-0.39, 0.29) is 0 Å². The van der Waals surface area contributed by atoms with Gasteiger partial charge in [-0.25, -0.2) is 123 Å². The Morgan fingerprint density at radius 3 is 0.384 bits per heavy atom. The van der Waals surface area contributed by atoms with Crippen molar-refractivity contribution in [1.82, 2.24) is 0 Å². The quantitative estimate of drug-likeness (QED) is 0.0806. The van der Waals surface area contributed by atoms with Gasteiger partial charge in [0.15, 0.2) is 140 Å². The van der Waals surface area contributed by atoms with Crippen molar-refractivity contribution in [1.29, 1.82) is 0 Å². The molecule has 0 saturated carbocycles. The van der Waals surface area contributed by atoms with Crippen LogP contribution in [-0.4, -0.2) is 12.2 Å². The molecule has 1 nitrogen and oxygen atoms in total. The number of aliphatic hydroxyl groups excluding tert-OH is 1. The van der Waals surface area contributed by atoms with Crippen LogP contribution in [0.5, 0.6) is 0 Å². The topological polar surface area (TPSA) is 20.2 Å². The molecule has 0 saturated heterocycles. The van der Waals surface area contributed by atoms with Crippen molar-refractivity contribution in [3.63, 3.8) is 0 Å². The lowest BCUT2D eigenvalue weighted by atomic mass is 9.62. The summed E-state index contributed by atoms with van der Waals surface area (Å²) in [4.78, 5) is 0. The molecule has 0 aliphatic rings. The van der Waals surface area contributed by atoms with Gasteiger partial charge in [-0.3, -0.25) is 0 Å². The third-order valence-electron chi connectivity index (χ3n) is 10.9. The maximum absolute atomic E-state index is 17.4. The first-order chi connectivity index (χ1) is 34.0. The van der Waals surface area contributed by atoms with E-state index in [1.807, 2.05) is 13.8 Å². The standard InChI is InChI=1S/C41F28.C2H6.CH4O/c42-13-1-5(25(54)37(66)33(62)21(1)50)17(46)29(58)9(13)41(10-14(43)2-6(18(47)30(10)59)26(55)38(67)34(63)22(2)51,11-15(44)3-7(19(48)31(11)60)27(56)39(68)35(64)23(3)52)12-16(45)4-8(20(49)32(12)61)28(57)40(69)36(65)24(4)53;2*1-2/h;1-2H3;2H,1H3. The Bertz CT molecular complexity index is 3280. The summed E-state index contributed by atoms with van der Waals surface area (Å²) in [5.74, 6) is -102. The molecule has 0 amide bonds. The third kappa shape index (κ3) is 6.88. The molecule has 8 aromatic carbocycles. The molecule has 0 spiro atoms. The van der Waals surface area contributed by atoms with E-state index >= 15 is 87.8 Å². The molecule has 29 heteroatoms. The van der Waals surface area contributed by atoms with Crippen molar-refractivity contribution in [3.8, 4) is 0 Å². The maximum Gasteiger partial charge on any atom is 0.198 e. The molecular formula is C44H10F28O. The zero-order valence-electron chi connectivity index (χ0n) is 34.5. The first-order valence-electron chi connectivity index (χ1n) is 18.7. The molecule has 0 unspecified atom stereocenters. The molecule has 0 fully saturated rings. The number of rotatable bonds is 4. The van der Waals surface area contributed by atoms with Gasteiger partial charge >= 0.3 is 0 Å². The average Bonchev–Trinajstić information content (AvgIpc) is 3.36. The minimum absolute atomic E-state index is 1.00. The van der Waals surface area contributed by atoms with Crippen LogP contribution in [0.1, 0.15) is 36.1 Å². The molecule has 0 aliphatic heterocycles. The average molecular weight is 1090 g/mol. The van der Waals surface area contributed by atoms with E-state index in [2.05, 4.69) is 0 Å². The van der Waals surface area contributed by atoms with E-state index in [4.69, 9.17) is 5.11 Å². The second-order valence-electron chi connectivity index (χ2n) is 14.0. The maximum atomic E-state index is 17.4. The van der Waals surface area contributed by atoms with E-state index in [9.17, 15) is 35.1 Å². The smallest absolute Gasteiger partial charge is 0.198 e. The Morgan fingerprint density at radius 1 is 0.164 bits per heavy atom. The van der Waals surface area contributed by atoms with Gasteiger partial charge < -0.3 is 5.11 Å². The number of aliphatic hydroxyl groups is 1. The van der Waals surface area contributed by atoms with Crippen molar-refractivity contribution in [2.75, 3.05) is 7.11 Å². The minimum Gasteiger partial charge on any atom is -0.400 e. The lowest BCUT2D eigenvalue weighted by Crippen LogP contribution is -2.41. The van der Waals surface area contributed by atoms with Gasteiger partial charge in [0.05, 0.1) is 48.5 Å². The SMILES string of the molecule is CC.CO.Fc1c(F)c(F)c2c(F)c(C(c3c(F)c(F)c4c(F)c(F)c(F)c(F)c4c3F)(c3c(F)c(F)c4c(F)c(F)c(F)c(F)c4c3F)c3c(F)c(F)c4c(F)c(F)c(F)c(F)c4c3F)c(F)c(F)c2c1F. The molecule has 0 bridgehead atoms. The Labute approximate surface area is 382 Å². The van der Waals surface area contributed by atoms with Crippen molar-refractivity contribution < 1.29 is 128 Å². The molecule has 8 aromatic rings.